The number of nitrogens with zero attached hydrogens (tertiary/aromatic N) is 2. The molecule has 0 aliphatic rings. The fourth-order valence-corrected chi connectivity index (χ4v) is 3.18. The van der Waals surface area contributed by atoms with Gasteiger partial charge < -0.3 is 4.84 Å². The molecule has 122 valence electrons. The normalized spacial score (nSPS) is 10.7. The number of carbonyl (C=O) groups is 1. The van der Waals surface area contributed by atoms with Gasteiger partial charge in [0.25, 0.3) is 0 Å². The molecule has 0 atom stereocenters. The van der Waals surface area contributed by atoms with E-state index in [0.717, 1.165) is 16.5 Å². The molecule has 0 radical (unpaired) electrons. The van der Waals surface area contributed by atoms with Crippen molar-refractivity contribution in [1.29, 1.82) is 0 Å². The lowest BCUT2D eigenvalue weighted by atomic mass is 10.1. The van der Waals surface area contributed by atoms with Crippen molar-refractivity contribution < 1.29 is 9.63 Å². The highest BCUT2D eigenvalue weighted by atomic mass is 79.9. The first-order valence-electron chi connectivity index (χ1n) is 7.22. The van der Waals surface area contributed by atoms with Crippen molar-refractivity contribution in [2.24, 2.45) is 0 Å². The van der Waals surface area contributed by atoms with E-state index >= 15 is 0 Å². The summed E-state index contributed by atoms with van der Waals surface area (Å²) in [6.45, 7) is 1.93. The Morgan fingerprint density at radius 2 is 2.04 bits per heavy atom. The predicted octanol–water partition coefficient (Wildman–Crippen LogP) is 5.17. The summed E-state index contributed by atoms with van der Waals surface area (Å²) in [6.07, 6.45) is 1.67. The minimum Gasteiger partial charge on any atom is -0.336 e. The van der Waals surface area contributed by atoms with E-state index in [2.05, 4.69) is 20.9 Å². The third-order valence-electron chi connectivity index (χ3n) is 3.55. The first-order chi connectivity index (χ1) is 11.5. The van der Waals surface area contributed by atoms with Crippen LogP contribution in [0.25, 0.3) is 10.9 Å². The Balaban J connectivity index is 1.96. The summed E-state index contributed by atoms with van der Waals surface area (Å²) in [5.74, 6) is -0.430. The van der Waals surface area contributed by atoms with Crippen LogP contribution in [0.3, 0.4) is 0 Å². The highest BCUT2D eigenvalue weighted by molar-refractivity contribution is 9.10. The van der Waals surface area contributed by atoms with E-state index in [9.17, 15) is 4.79 Å². The van der Waals surface area contributed by atoms with Crippen LogP contribution >= 0.6 is 27.5 Å². The van der Waals surface area contributed by atoms with Gasteiger partial charge in [-0.25, -0.2) is 9.86 Å². The van der Waals surface area contributed by atoms with E-state index < -0.39 is 5.97 Å². The van der Waals surface area contributed by atoms with Gasteiger partial charge >= 0.3 is 5.97 Å². The Morgan fingerprint density at radius 3 is 2.79 bits per heavy atom. The Kier molecular flexibility index (Phi) is 4.73. The Morgan fingerprint density at radius 1 is 1.25 bits per heavy atom. The molecule has 6 heteroatoms. The van der Waals surface area contributed by atoms with E-state index in [-0.39, 0.29) is 0 Å². The molecule has 24 heavy (non-hydrogen) atoms. The van der Waals surface area contributed by atoms with Gasteiger partial charge in [0, 0.05) is 23.7 Å². The standard InChI is InChI=1S/C18H14BrClN2O2/c1-11-4-3-5-12(8-11)18(23)24-22(2)17-14-9-13(20)6-7-16(14)21-10-15(17)19/h3-10H,1-2H3. The maximum Gasteiger partial charge on any atom is 0.363 e. The number of hydroxylamine groups is 1. The molecule has 0 aliphatic carbocycles. The molecule has 0 fully saturated rings. The number of benzene rings is 2. The number of hydrogen-bond acceptors (Lipinski definition) is 4. The SMILES string of the molecule is Cc1cccc(C(=O)ON(C)c2c(Br)cnc3ccc(Cl)cc23)c1. The minimum atomic E-state index is -0.430. The second-order valence-corrected chi connectivity index (χ2v) is 6.65. The summed E-state index contributed by atoms with van der Waals surface area (Å²) in [4.78, 5) is 22.2. The van der Waals surface area contributed by atoms with E-state index in [1.165, 1.54) is 5.06 Å². The lowest BCUT2D eigenvalue weighted by Crippen LogP contribution is -2.23. The fourth-order valence-electron chi connectivity index (χ4n) is 2.44. The van der Waals surface area contributed by atoms with Crippen molar-refractivity contribution in [3.05, 3.63) is 69.3 Å². The van der Waals surface area contributed by atoms with Crippen molar-refractivity contribution in [1.82, 2.24) is 4.98 Å². The number of aryl methyl sites for hydroxylation is 1. The average molecular weight is 406 g/mol. The summed E-state index contributed by atoms with van der Waals surface area (Å²) in [7, 11) is 1.67. The molecule has 0 aliphatic heterocycles. The topological polar surface area (TPSA) is 42.4 Å². The number of halogens is 2. The second kappa shape index (κ2) is 6.79. The number of pyridine rings is 1. The zero-order chi connectivity index (χ0) is 17.3. The van der Waals surface area contributed by atoms with Crippen LogP contribution in [0.4, 0.5) is 5.69 Å². The maximum atomic E-state index is 12.4. The number of aromatic nitrogens is 1. The first-order valence-corrected chi connectivity index (χ1v) is 8.39. The van der Waals surface area contributed by atoms with Gasteiger partial charge in [0.05, 0.1) is 21.2 Å². The molecule has 1 heterocycles. The number of carbonyl (C=O) groups excluding carboxylic acids is 1. The quantitative estimate of drug-likeness (QED) is 0.564. The van der Waals surface area contributed by atoms with Gasteiger partial charge in [-0.2, -0.15) is 0 Å². The van der Waals surface area contributed by atoms with Crippen LogP contribution in [-0.4, -0.2) is 18.0 Å². The van der Waals surface area contributed by atoms with Crippen molar-refractivity contribution in [2.75, 3.05) is 12.1 Å². The second-order valence-electron chi connectivity index (χ2n) is 5.36. The molecular formula is C18H14BrClN2O2. The third kappa shape index (κ3) is 3.37. The molecular weight excluding hydrogens is 392 g/mol. The van der Waals surface area contributed by atoms with E-state index in [1.54, 1.807) is 37.5 Å². The molecule has 0 amide bonds. The Hall–Kier alpha value is -2.11. The molecule has 0 unspecified atom stereocenters. The molecule has 0 bridgehead atoms. The zero-order valence-electron chi connectivity index (χ0n) is 13.1. The number of fused-ring (bicyclic) bond motifs is 1. The van der Waals surface area contributed by atoms with Crippen LogP contribution in [0.2, 0.25) is 5.02 Å². The van der Waals surface area contributed by atoms with Crippen LogP contribution in [0.15, 0.2) is 53.1 Å². The van der Waals surface area contributed by atoms with Gasteiger partial charge in [0.2, 0.25) is 0 Å². The van der Waals surface area contributed by atoms with E-state index in [4.69, 9.17) is 16.4 Å². The van der Waals surface area contributed by atoms with Gasteiger partial charge in [0.1, 0.15) is 0 Å². The minimum absolute atomic E-state index is 0.430. The van der Waals surface area contributed by atoms with Crippen LogP contribution in [0.1, 0.15) is 15.9 Å². The monoisotopic (exact) mass is 404 g/mol. The number of hydrogen-bond donors (Lipinski definition) is 0. The molecule has 3 rings (SSSR count). The van der Waals surface area contributed by atoms with E-state index in [0.29, 0.717) is 20.7 Å². The highest BCUT2D eigenvalue weighted by Crippen LogP contribution is 2.34. The maximum absolute atomic E-state index is 12.4. The molecule has 4 nitrogen and oxygen atoms in total. The van der Waals surface area contributed by atoms with E-state index in [1.807, 2.05) is 25.1 Å². The number of anilines is 1. The fraction of sp³-hybridized carbons (Fsp3) is 0.111. The molecule has 0 saturated carbocycles. The lowest BCUT2D eigenvalue weighted by Gasteiger charge is -2.21. The van der Waals surface area contributed by atoms with Gasteiger partial charge in [0.15, 0.2) is 0 Å². The van der Waals surface area contributed by atoms with Gasteiger partial charge in [-0.05, 0) is 53.2 Å². The molecule has 0 N–H and O–H groups in total. The van der Waals surface area contributed by atoms with Crippen LogP contribution in [-0.2, 0) is 4.84 Å². The molecule has 2 aromatic carbocycles. The summed E-state index contributed by atoms with van der Waals surface area (Å²) < 4.78 is 0.705. The van der Waals surface area contributed by atoms with Crippen molar-refractivity contribution >= 4 is 50.1 Å². The third-order valence-corrected chi connectivity index (χ3v) is 4.36. The highest BCUT2D eigenvalue weighted by Gasteiger charge is 2.17. The largest absolute Gasteiger partial charge is 0.363 e. The first kappa shape index (κ1) is 16.7. The zero-order valence-corrected chi connectivity index (χ0v) is 15.4. The van der Waals surface area contributed by atoms with Crippen LogP contribution in [0, 0.1) is 6.92 Å². The molecule has 3 aromatic rings. The smallest absolute Gasteiger partial charge is 0.336 e. The number of rotatable bonds is 3. The van der Waals surface area contributed by atoms with Gasteiger partial charge in [-0.1, -0.05) is 29.3 Å². The Labute approximate surface area is 153 Å². The van der Waals surface area contributed by atoms with Crippen LogP contribution in [0.5, 0.6) is 0 Å². The summed E-state index contributed by atoms with van der Waals surface area (Å²) in [6, 6.07) is 12.6. The summed E-state index contributed by atoms with van der Waals surface area (Å²) in [5, 5.41) is 2.80. The Bertz CT molecular complexity index is 925. The van der Waals surface area contributed by atoms with Crippen molar-refractivity contribution in [3.8, 4) is 0 Å². The van der Waals surface area contributed by atoms with Crippen molar-refractivity contribution in [2.45, 2.75) is 6.92 Å². The molecule has 0 saturated heterocycles. The summed E-state index contributed by atoms with van der Waals surface area (Å²) in [5.41, 5.74) is 2.93. The van der Waals surface area contributed by atoms with Gasteiger partial charge in [-0.15, -0.1) is 0 Å². The molecule has 1 aromatic heterocycles. The van der Waals surface area contributed by atoms with Crippen molar-refractivity contribution in [3.63, 3.8) is 0 Å². The predicted molar refractivity (Wildman–Crippen MR) is 99.5 cm³/mol. The molecule has 0 spiro atoms. The summed E-state index contributed by atoms with van der Waals surface area (Å²) >= 11 is 9.56. The van der Waals surface area contributed by atoms with Gasteiger partial charge in [-0.3, -0.25) is 4.98 Å². The van der Waals surface area contributed by atoms with Crippen LogP contribution < -0.4 is 5.06 Å². The lowest BCUT2D eigenvalue weighted by molar-refractivity contribution is 0.0478. The average Bonchev–Trinajstić information content (AvgIpc) is 2.54.